The van der Waals surface area contributed by atoms with Crippen molar-refractivity contribution < 1.29 is 4.74 Å². The Morgan fingerprint density at radius 1 is 1.21 bits per heavy atom. The van der Waals surface area contributed by atoms with Crippen molar-refractivity contribution in [1.29, 1.82) is 0 Å². The van der Waals surface area contributed by atoms with Crippen molar-refractivity contribution >= 4 is 28.6 Å². The first kappa shape index (κ1) is 18.6. The Bertz CT molecular complexity index is 964. The summed E-state index contributed by atoms with van der Waals surface area (Å²) in [6, 6.07) is 3.97. The number of pyridine rings is 1. The number of nitrogens with one attached hydrogen (secondary N) is 2. The topological polar surface area (TPSA) is 93.0 Å². The second kappa shape index (κ2) is 8.07. The number of aryl methyl sites for hydroxylation is 2. The first-order valence-corrected chi connectivity index (χ1v) is 9.55. The third-order valence-electron chi connectivity index (χ3n) is 4.81. The van der Waals surface area contributed by atoms with E-state index in [0.717, 1.165) is 60.2 Å². The van der Waals surface area contributed by atoms with E-state index in [2.05, 4.69) is 25.6 Å². The van der Waals surface area contributed by atoms with Crippen LogP contribution < -0.4 is 15.5 Å². The molecule has 2 N–H and O–H groups in total. The van der Waals surface area contributed by atoms with Crippen LogP contribution in [0.2, 0.25) is 0 Å². The Morgan fingerprint density at radius 2 is 2.04 bits per heavy atom. The molecule has 9 heteroatoms. The van der Waals surface area contributed by atoms with E-state index in [1.807, 2.05) is 30.7 Å². The highest BCUT2D eigenvalue weighted by atomic mass is 16.5. The predicted octanol–water partition coefficient (Wildman–Crippen LogP) is 1.64. The van der Waals surface area contributed by atoms with Crippen LogP contribution in [-0.2, 0) is 11.3 Å². The molecule has 1 aliphatic rings. The molecule has 3 aromatic rings. The molecule has 0 radical (unpaired) electrons. The van der Waals surface area contributed by atoms with Gasteiger partial charge in [-0.1, -0.05) is 0 Å². The summed E-state index contributed by atoms with van der Waals surface area (Å²) in [6.07, 6.45) is 1.79. The third-order valence-corrected chi connectivity index (χ3v) is 4.81. The summed E-state index contributed by atoms with van der Waals surface area (Å²) in [5, 5.41) is 11.4. The number of nitrogens with zero attached hydrogens (tertiary/aromatic N) is 6. The molecule has 9 nitrogen and oxygen atoms in total. The fourth-order valence-corrected chi connectivity index (χ4v) is 3.38. The zero-order valence-electron chi connectivity index (χ0n) is 16.6. The van der Waals surface area contributed by atoms with Crippen LogP contribution in [0.4, 0.5) is 17.6 Å². The van der Waals surface area contributed by atoms with Gasteiger partial charge >= 0.3 is 0 Å². The molecule has 1 saturated heterocycles. The van der Waals surface area contributed by atoms with Gasteiger partial charge in [0.05, 0.1) is 18.8 Å². The first-order valence-electron chi connectivity index (χ1n) is 9.55. The molecule has 0 atom stereocenters. The van der Waals surface area contributed by atoms with Gasteiger partial charge in [-0.3, -0.25) is 4.68 Å². The molecule has 28 heavy (non-hydrogen) atoms. The van der Waals surface area contributed by atoms with E-state index in [1.165, 1.54) is 0 Å². The van der Waals surface area contributed by atoms with Crippen LogP contribution >= 0.6 is 0 Å². The molecule has 0 unspecified atom stereocenters. The van der Waals surface area contributed by atoms with Crippen LogP contribution in [0, 0.1) is 13.8 Å². The molecule has 0 saturated carbocycles. The quantitative estimate of drug-likeness (QED) is 0.665. The highest BCUT2D eigenvalue weighted by Crippen LogP contribution is 2.28. The van der Waals surface area contributed by atoms with Gasteiger partial charge in [-0.15, -0.1) is 0 Å². The van der Waals surface area contributed by atoms with Crippen LogP contribution in [0.5, 0.6) is 0 Å². The van der Waals surface area contributed by atoms with E-state index in [0.29, 0.717) is 19.0 Å². The number of hydrogen-bond donors (Lipinski definition) is 2. The van der Waals surface area contributed by atoms with Gasteiger partial charge in [0.25, 0.3) is 0 Å². The molecule has 0 amide bonds. The maximum absolute atomic E-state index is 5.25. The highest BCUT2D eigenvalue weighted by molar-refractivity contribution is 5.90. The van der Waals surface area contributed by atoms with Crippen molar-refractivity contribution in [1.82, 2.24) is 30.0 Å². The Kier molecular flexibility index (Phi) is 5.36. The van der Waals surface area contributed by atoms with E-state index in [9.17, 15) is 0 Å². The number of ether oxygens (including phenoxy) is 1. The number of piperazine rings is 1. The minimum absolute atomic E-state index is 0.567. The molecular formula is C19H26N8O. The Labute approximate surface area is 164 Å². The summed E-state index contributed by atoms with van der Waals surface area (Å²) in [7, 11) is 1.69. The zero-order valence-corrected chi connectivity index (χ0v) is 16.6. The summed E-state index contributed by atoms with van der Waals surface area (Å²) in [6.45, 7) is 8.84. The number of fused-ring (bicyclic) bond motifs is 1. The molecule has 0 aliphatic carbocycles. The van der Waals surface area contributed by atoms with Gasteiger partial charge in [-0.25, -0.2) is 9.97 Å². The summed E-state index contributed by atoms with van der Waals surface area (Å²) in [5.41, 5.74) is 3.74. The Morgan fingerprint density at radius 3 is 2.79 bits per heavy atom. The maximum Gasteiger partial charge on any atom is 0.228 e. The van der Waals surface area contributed by atoms with Gasteiger partial charge in [0.2, 0.25) is 5.95 Å². The molecule has 0 bridgehead atoms. The van der Waals surface area contributed by atoms with Crippen LogP contribution in [0.25, 0.3) is 11.0 Å². The average Bonchev–Trinajstić information content (AvgIpc) is 3.03. The van der Waals surface area contributed by atoms with Crippen molar-refractivity contribution in [3.05, 3.63) is 29.6 Å². The Balaban J connectivity index is 1.82. The molecule has 1 aliphatic heterocycles. The van der Waals surface area contributed by atoms with E-state index in [-0.39, 0.29) is 0 Å². The molecule has 4 heterocycles. The molecule has 4 rings (SSSR count). The summed E-state index contributed by atoms with van der Waals surface area (Å²) in [5.74, 6) is 2.19. The van der Waals surface area contributed by atoms with Gasteiger partial charge < -0.3 is 20.3 Å². The van der Waals surface area contributed by atoms with Crippen LogP contribution in [0.1, 0.15) is 11.3 Å². The lowest BCUT2D eigenvalue weighted by molar-refractivity contribution is 0.185. The van der Waals surface area contributed by atoms with Crippen molar-refractivity contribution in [2.75, 3.05) is 50.1 Å². The van der Waals surface area contributed by atoms with Crippen LogP contribution in [0.3, 0.4) is 0 Å². The number of methoxy groups -OCH3 is 1. The smallest absolute Gasteiger partial charge is 0.228 e. The van der Waals surface area contributed by atoms with Crippen LogP contribution in [-0.4, -0.2) is 64.6 Å². The van der Waals surface area contributed by atoms with Crippen molar-refractivity contribution in [3.63, 3.8) is 0 Å². The second-order valence-corrected chi connectivity index (χ2v) is 6.95. The number of hydrogen-bond acceptors (Lipinski definition) is 8. The lowest BCUT2D eigenvalue weighted by atomic mass is 10.3. The molecule has 1 fully saturated rings. The lowest BCUT2D eigenvalue weighted by Crippen LogP contribution is -2.44. The molecular weight excluding hydrogens is 356 g/mol. The number of rotatable bonds is 6. The number of anilines is 3. The normalized spacial score (nSPS) is 14.6. The highest BCUT2D eigenvalue weighted by Gasteiger charge is 2.21. The SMILES string of the molecule is COCCn1nc(C)c2nc(N3CCNCC3)nc(Nc3cc(C)ccn3)c21. The monoisotopic (exact) mass is 382 g/mol. The summed E-state index contributed by atoms with van der Waals surface area (Å²) in [4.78, 5) is 16.4. The van der Waals surface area contributed by atoms with Gasteiger partial charge in [0.15, 0.2) is 5.82 Å². The molecule has 148 valence electrons. The van der Waals surface area contributed by atoms with Gasteiger partial charge in [0, 0.05) is 39.5 Å². The standard InChI is InChI=1S/C19H26N8O/c1-13-4-5-21-15(12-13)22-18-17-16(14(2)25-27(17)10-11-28-3)23-19(24-18)26-8-6-20-7-9-26/h4-5,12,20H,6-11H2,1-3H3,(H,21,22,23,24). The minimum atomic E-state index is 0.567. The first-order chi connectivity index (χ1) is 13.7. The molecule has 3 aromatic heterocycles. The molecule has 0 spiro atoms. The minimum Gasteiger partial charge on any atom is -0.383 e. The van der Waals surface area contributed by atoms with E-state index >= 15 is 0 Å². The fraction of sp³-hybridized carbons (Fsp3) is 0.474. The summed E-state index contributed by atoms with van der Waals surface area (Å²) < 4.78 is 7.16. The Hall–Kier alpha value is -2.78. The van der Waals surface area contributed by atoms with Gasteiger partial charge in [-0.2, -0.15) is 10.1 Å². The van der Waals surface area contributed by atoms with E-state index in [1.54, 1.807) is 13.3 Å². The van der Waals surface area contributed by atoms with E-state index in [4.69, 9.17) is 14.7 Å². The van der Waals surface area contributed by atoms with Crippen LogP contribution in [0.15, 0.2) is 18.3 Å². The summed E-state index contributed by atoms with van der Waals surface area (Å²) >= 11 is 0. The maximum atomic E-state index is 5.25. The molecule has 0 aromatic carbocycles. The third kappa shape index (κ3) is 3.76. The largest absolute Gasteiger partial charge is 0.383 e. The predicted molar refractivity (Wildman–Crippen MR) is 109 cm³/mol. The second-order valence-electron chi connectivity index (χ2n) is 6.95. The van der Waals surface area contributed by atoms with Gasteiger partial charge in [0.1, 0.15) is 16.9 Å². The fourth-order valence-electron chi connectivity index (χ4n) is 3.38. The average molecular weight is 382 g/mol. The zero-order chi connectivity index (χ0) is 19.5. The number of aromatic nitrogens is 5. The van der Waals surface area contributed by atoms with E-state index < -0.39 is 0 Å². The van der Waals surface area contributed by atoms with Gasteiger partial charge in [-0.05, 0) is 31.5 Å². The van der Waals surface area contributed by atoms with Crippen molar-refractivity contribution in [2.45, 2.75) is 20.4 Å². The van der Waals surface area contributed by atoms with Crippen molar-refractivity contribution in [3.8, 4) is 0 Å². The lowest BCUT2D eigenvalue weighted by Gasteiger charge is -2.27. The van der Waals surface area contributed by atoms with Crippen molar-refractivity contribution in [2.24, 2.45) is 0 Å².